The van der Waals surface area contributed by atoms with Crippen LogP contribution in [0.3, 0.4) is 0 Å². The number of anilines is 1. The third-order valence-corrected chi connectivity index (χ3v) is 2.44. The Morgan fingerprint density at radius 1 is 1.35 bits per heavy atom. The molecule has 0 bridgehead atoms. The number of hydrogen-bond acceptors (Lipinski definition) is 5. The lowest BCUT2D eigenvalue weighted by molar-refractivity contribution is 0.0947. The van der Waals surface area contributed by atoms with Gasteiger partial charge in [0, 0.05) is 18.3 Å². The average Bonchev–Trinajstić information content (AvgIpc) is 2.32. The van der Waals surface area contributed by atoms with E-state index in [1.165, 1.54) is 0 Å². The molecule has 1 rings (SSSR count). The smallest absolute Gasteiger partial charge is 0.270 e. The van der Waals surface area contributed by atoms with Gasteiger partial charge in [-0.25, -0.2) is 9.97 Å². The highest BCUT2D eigenvalue weighted by molar-refractivity contribution is 5.92. The molecule has 6 nitrogen and oxygen atoms in total. The first kappa shape index (κ1) is 16.4. The molecule has 6 heteroatoms. The second kappa shape index (κ2) is 7.19. The van der Waals surface area contributed by atoms with E-state index >= 15 is 0 Å². The van der Waals surface area contributed by atoms with Gasteiger partial charge >= 0.3 is 0 Å². The summed E-state index contributed by atoms with van der Waals surface area (Å²) in [6, 6.07) is 1.62. The Hall–Kier alpha value is -1.69. The zero-order valence-corrected chi connectivity index (χ0v) is 13.0. The summed E-state index contributed by atoms with van der Waals surface area (Å²) in [4.78, 5) is 22.4. The minimum atomic E-state index is -0.164. The standard InChI is InChI=1S/C14H25N5O/c1-14(2,3)18-13-16-9-7-11(17-13)12(20)15-8-6-10-19(4)5/h7,9H,6,8,10H2,1-5H3,(H,15,20)(H,16,17,18). The zero-order chi connectivity index (χ0) is 15.2. The van der Waals surface area contributed by atoms with E-state index in [0.717, 1.165) is 13.0 Å². The van der Waals surface area contributed by atoms with Crippen molar-refractivity contribution in [1.29, 1.82) is 0 Å². The second-order valence-corrected chi connectivity index (χ2v) is 6.05. The lowest BCUT2D eigenvalue weighted by Gasteiger charge is -2.20. The molecular formula is C14H25N5O. The van der Waals surface area contributed by atoms with E-state index in [9.17, 15) is 4.79 Å². The van der Waals surface area contributed by atoms with E-state index in [1.54, 1.807) is 12.3 Å². The Morgan fingerprint density at radius 2 is 2.05 bits per heavy atom. The number of hydrogen-bond donors (Lipinski definition) is 2. The topological polar surface area (TPSA) is 70.2 Å². The first-order valence-corrected chi connectivity index (χ1v) is 6.82. The Balaban J connectivity index is 2.54. The number of amides is 1. The maximum absolute atomic E-state index is 12.0. The quantitative estimate of drug-likeness (QED) is 0.770. The van der Waals surface area contributed by atoms with Crippen LogP contribution in [0.5, 0.6) is 0 Å². The maximum atomic E-state index is 12.0. The number of carbonyl (C=O) groups excluding carboxylic acids is 1. The highest BCUT2D eigenvalue weighted by Gasteiger charge is 2.13. The van der Waals surface area contributed by atoms with E-state index < -0.39 is 0 Å². The van der Waals surface area contributed by atoms with Gasteiger partial charge in [0.2, 0.25) is 5.95 Å². The summed E-state index contributed by atoms with van der Waals surface area (Å²) in [6.45, 7) is 7.64. The zero-order valence-electron chi connectivity index (χ0n) is 13.0. The largest absolute Gasteiger partial charge is 0.351 e. The molecule has 0 unspecified atom stereocenters. The summed E-state index contributed by atoms with van der Waals surface area (Å²) in [5.41, 5.74) is 0.248. The first-order valence-electron chi connectivity index (χ1n) is 6.82. The molecule has 112 valence electrons. The summed E-state index contributed by atoms with van der Waals surface area (Å²) in [5, 5.41) is 6.01. The predicted octanol–water partition coefficient (Wildman–Crippen LogP) is 1.37. The van der Waals surface area contributed by atoms with Crippen LogP contribution in [-0.4, -0.2) is 53.5 Å². The molecule has 0 aliphatic carbocycles. The molecule has 0 radical (unpaired) electrons. The van der Waals surface area contributed by atoms with Crippen LogP contribution in [0.2, 0.25) is 0 Å². The van der Waals surface area contributed by atoms with Crippen molar-refractivity contribution in [3.05, 3.63) is 18.0 Å². The molecule has 1 heterocycles. The molecule has 0 aliphatic rings. The van der Waals surface area contributed by atoms with E-state index in [-0.39, 0.29) is 11.4 Å². The third-order valence-electron chi connectivity index (χ3n) is 2.44. The van der Waals surface area contributed by atoms with E-state index in [2.05, 4.69) is 25.5 Å². The van der Waals surface area contributed by atoms with Crippen molar-refractivity contribution >= 4 is 11.9 Å². The summed E-state index contributed by atoms with van der Waals surface area (Å²) >= 11 is 0. The Bertz CT molecular complexity index is 439. The lowest BCUT2D eigenvalue weighted by atomic mass is 10.1. The minimum Gasteiger partial charge on any atom is -0.351 e. The van der Waals surface area contributed by atoms with Gasteiger partial charge in [0.05, 0.1) is 0 Å². The van der Waals surface area contributed by atoms with Crippen LogP contribution >= 0.6 is 0 Å². The number of nitrogens with zero attached hydrogens (tertiary/aromatic N) is 3. The summed E-state index contributed by atoms with van der Waals surface area (Å²) < 4.78 is 0. The summed E-state index contributed by atoms with van der Waals surface area (Å²) in [7, 11) is 4.02. The van der Waals surface area contributed by atoms with Gasteiger partial charge in [0.1, 0.15) is 5.69 Å². The number of nitrogens with one attached hydrogen (secondary N) is 2. The molecule has 0 saturated heterocycles. The second-order valence-electron chi connectivity index (χ2n) is 6.05. The van der Waals surface area contributed by atoms with Gasteiger partial charge in [0.15, 0.2) is 0 Å². The van der Waals surface area contributed by atoms with Gasteiger partial charge in [-0.15, -0.1) is 0 Å². The van der Waals surface area contributed by atoms with E-state index in [1.807, 2.05) is 34.9 Å². The minimum absolute atomic E-state index is 0.138. The van der Waals surface area contributed by atoms with Crippen LogP contribution in [0.25, 0.3) is 0 Å². The van der Waals surface area contributed by atoms with Gasteiger partial charge < -0.3 is 15.5 Å². The van der Waals surface area contributed by atoms with Crippen LogP contribution < -0.4 is 10.6 Å². The molecule has 0 aromatic carbocycles. The Kier molecular flexibility index (Phi) is 5.88. The van der Waals surface area contributed by atoms with Gasteiger partial charge in [-0.1, -0.05) is 0 Å². The summed E-state index contributed by atoms with van der Waals surface area (Å²) in [6.07, 6.45) is 2.51. The lowest BCUT2D eigenvalue weighted by Crippen LogP contribution is -2.30. The monoisotopic (exact) mass is 279 g/mol. The molecule has 0 saturated carbocycles. The van der Waals surface area contributed by atoms with E-state index in [4.69, 9.17) is 0 Å². The van der Waals surface area contributed by atoms with Crippen molar-refractivity contribution in [2.45, 2.75) is 32.7 Å². The molecule has 1 aromatic heterocycles. The maximum Gasteiger partial charge on any atom is 0.270 e. The fourth-order valence-electron chi connectivity index (χ4n) is 1.57. The van der Waals surface area contributed by atoms with Crippen molar-refractivity contribution in [2.24, 2.45) is 0 Å². The summed E-state index contributed by atoms with van der Waals surface area (Å²) in [5.74, 6) is 0.307. The van der Waals surface area contributed by atoms with Crippen LogP contribution in [0.4, 0.5) is 5.95 Å². The highest BCUT2D eigenvalue weighted by atomic mass is 16.1. The fraction of sp³-hybridized carbons (Fsp3) is 0.643. The first-order chi connectivity index (χ1) is 9.28. The van der Waals surface area contributed by atoms with Crippen molar-refractivity contribution in [1.82, 2.24) is 20.2 Å². The predicted molar refractivity (Wildman–Crippen MR) is 80.9 cm³/mol. The Morgan fingerprint density at radius 3 is 2.65 bits per heavy atom. The van der Waals surface area contributed by atoms with Gasteiger partial charge in [-0.05, 0) is 53.9 Å². The number of rotatable bonds is 6. The van der Waals surface area contributed by atoms with Crippen LogP contribution in [-0.2, 0) is 0 Å². The molecule has 0 spiro atoms. The van der Waals surface area contributed by atoms with Crippen molar-refractivity contribution in [3.8, 4) is 0 Å². The number of aromatic nitrogens is 2. The molecule has 1 amide bonds. The SMILES string of the molecule is CN(C)CCCNC(=O)c1ccnc(NC(C)(C)C)n1. The van der Waals surface area contributed by atoms with Crippen molar-refractivity contribution in [2.75, 3.05) is 32.5 Å². The molecule has 2 N–H and O–H groups in total. The molecule has 20 heavy (non-hydrogen) atoms. The van der Waals surface area contributed by atoms with Crippen LogP contribution in [0.1, 0.15) is 37.7 Å². The van der Waals surface area contributed by atoms with Gasteiger partial charge in [-0.3, -0.25) is 4.79 Å². The normalized spacial score (nSPS) is 11.5. The van der Waals surface area contributed by atoms with Gasteiger partial charge in [-0.2, -0.15) is 0 Å². The van der Waals surface area contributed by atoms with Crippen molar-refractivity contribution < 1.29 is 4.79 Å². The third kappa shape index (κ3) is 6.47. The molecule has 0 aliphatic heterocycles. The molecule has 1 aromatic rings. The highest BCUT2D eigenvalue weighted by Crippen LogP contribution is 2.09. The van der Waals surface area contributed by atoms with Crippen molar-refractivity contribution in [3.63, 3.8) is 0 Å². The fourth-order valence-corrected chi connectivity index (χ4v) is 1.57. The number of carbonyl (C=O) groups is 1. The van der Waals surface area contributed by atoms with Crippen LogP contribution in [0, 0.1) is 0 Å². The molecular weight excluding hydrogens is 254 g/mol. The van der Waals surface area contributed by atoms with E-state index in [0.29, 0.717) is 18.2 Å². The van der Waals surface area contributed by atoms with Crippen LogP contribution in [0.15, 0.2) is 12.3 Å². The molecule has 0 fully saturated rings. The molecule has 0 atom stereocenters. The van der Waals surface area contributed by atoms with Gasteiger partial charge in [0.25, 0.3) is 5.91 Å². The average molecular weight is 279 g/mol. The Labute approximate surface area is 121 Å².